The molecule has 3 atom stereocenters. The number of aliphatic hydroxyl groups is 1. The van der Waals surface area contributed by atoms with Gasteiger partial charge in [0.2, 0.25) is 0 Å². The fourth-order valence-corrected chi connectivity index (χ4v) is 6.43. The van der Waals surface area contributed by atoms with Gasteiger partial charge < -0.3 is 30.1 Å². The molecule has 0 bridgehead atoms. The van der Waals surface area contributed by atoms with E-state index in [0.29, 0.717) is 30.8 Å². The predicted octanol–water partition coefficient (Wildman–Crippen LogP) is 5.83. The van der Waals surface area contributed by atoms with Crippen LogP contribution in [0.25, 0.3) is 0 Å². The molecule has 0 aromatic heterocycles. The van der Waals surface area contributed by atoms with Crippen LogP contribution in [0.5, 0.6) is 5.75 Å². The van der Waals surface area contributed by atoms with Crippen molar-refractivity contribution in [1.82, 2.24) is 15.5 Å². The minimum absolute atomic E-state index is 0.148. The van der Waals surface area contributed by atoms with E-state index in [1.165, 1.54) is 0 Å². The van der Waals surface area contributed by atoms with E-state index in [-0.39, 0.29) is 24.4 Å². The quantitative estimate of drug-likeness (QED) is 0.169. The average molecular weight is 650 g/mol. The number of hydrogen-bond acceptors (Lipinski definition) is 6. The molecule has 4 aromatic carbocycles. The number of carbonyl (C=O) groups excluding carboxylic acids is 2. The molecule has 0 aliphatic carbocycles. The predicted molar refractivity (Wildman–Crippen MR) is 188 cm³/mol. The number of aliphatic hydroxyl groups excluding tert-OH is 1. The third-order valence-electron chi connectivity index (χ3n) is 9.47. The van der Waals surface area contributed by atoms with Crippen LogP contribution in [0.1, 0.15) is 68.8 Å². The van der Waals surface area contributed by atoms with Crippen molar-refractivity contribution < 1.29 is 24.2 Å². The minimum atomic E-state index is -0.914. The summed E-state index contributed by atoms with van der Waals surface area (Å²) < 4.78 is 11.2. The molecule has 48 heavy (non-hydrogen) atoms. The average Bonchev–Trinajstić information content (AvgIpc) is 3.13. The monoisotopic (exact) mass is 649 g/mol. The minimum Gasteiger partial charge on any atom is -0.497 e. The van der Waals surface area contributed by atoms with Gasteiger partial charge >= 0.3 is 0 Å². The van der Waals surface area contributed by atoms with Gasteiger partial charge in [-0.15, -0.1) is 0 Å². The van der Waals surface area contributed by atoms with Gasteiger partial charge in [-0.2, -0.15) is 0 Å². The lowest BCUT2D eigenvalue weighted by atomic mass is 9.82. The molecule has 5 rings (SSSR count). The van der Waals surface area contributed by atoms with E-state index < -0.39 is 17.7 Å². The number of nitrogens with zero attached hydrogens (tertiary/aromatic N) is 1. The molecule has 0 saturated carbocycles. The summed E-state index contributed by atoms with van der Waals surface area (Å²) in [6.07, 6.45) is 0.989. The molecule has 4 aromatic rings. The molecule has 1 aliphatic heterocycles. The summed E-state index contributed by atoms with van der Waals surface area (Å²) in [7, 11) is 3.43. The van der Waals surface area contributed by atoms with E-state index in [4.69, 9.17) is 9.47 Å². The van der Waals surface area contributed by atoms with E-state index in [9.17, 15) is 14.7 Å². The number of hydrogen-bond donors (Lipinski definition) is 3. The molecule has 0 radical (unpaired) electrons. The number of amides is 2. The smallest absolute Gasteiger partial charge is 0.254 e. The van der Waals surface area contributed by atoms with Crippen LogP contribution < -0.4 is 15.4 Å². The van der Waals surface area contributed by atoms with Crippen LogP contribution in [0.3, 0.4) is 0 Å². The van der Waals surface area contributed by atoms with Gasteiger partial charge in [-0.05, 0) is 85.7 Å². The molecule has 8 nitrogen and oxygen atoms in total. The fraction of sp³-hybridized carbons (Fsp3) is 0.350. The molecule has 1 saturated heterocycles. The van der Waals surface area contributed by atoms with Gasteiger partial charge in [-0.1, -0.05) is 72.8 Å². The summed E-state index contributed by atoms with van der Waals surface area (Å²) >= 11 is 0. The van der Waals surface area contributed by atoms with Crippen molar-refractivity contribution in [2.75, 3.05) is 33.9 Å². The maximum Gasteiger partial charge on any atom is 0.254 e. The third-order valence-corrected chi connectivity index (χ3v) is 9.47. The maximum atomic E-state index is 13.9. The van der Waals surface area contributed by atoms with Crippen molar-refractivity contribution in [3.63, 3.8) is 0 Å². The lowest BCUT2D eigenvalue weighted by molar-refractivity contribution is 0.0266. The lowest BCUT2D eigenvalue weighted by Gasteiger charge is -2.40. The molecule has 1 fully saturated rings. The Morgan fingerprint density at radius 2 is 1.58 bits per heavy atom. The number of rotatable bonds is 13. The highest BCUT2D eigenvalue weighted by Crippen LogP contribution is 2.34. The first-order chi connectivity index (χ1) is 23.2. The van der Waals surface area contributed by atoms with E-state index in [1.54, 1.807) is 37.3 Å². The van der Waals surface area contributed by atoms with E-state index in [2.05, 4.69) is 16.7 Å². The van der Waals surface area contributed by atoms with Crippen LogP contribution in [-0.2, 0) is 16.7 Å². The molecule has 0 unspecified atom stereocenters. The molecular formula is C40H47N3O5. The second kappa shape index (κ2) is 16.1. The molecule has 8 heteroatoms. The fourth-order valence-electron chi connectivity index (χ4n) is 6.43. The molecule has 0 spiro atoms. The second-order valence-electron chi connectivity index (χ2n) is 12.7. The topological polar surface area (TPSA) is 100 Å². The van der Waals surface area contributed by atoms with Crippen molar-refractivity contribution in [1.29, 1.82) is 0 Å². The zero-order valence-electron chi connectivity index (χ0n) is 28.3. The van der Waals surface area contributed by atoms with E-state index >= 15 is 0 Å². The molecular weight excluding hydrogens is 602 g/mol. The SMILES string of the molecule is COc1cccc(C2(NC[C@@H](O)[C@H](Cc3ccccc3)NC(=O)c3cc(C)cc(C(=O)N(C)[C@H](C)c4ccccc4)c3)CCOCC2)c1. The van der Waals surface area contributed by atoms with Crippen LogP contribution in [0.2, 0.25) is 0 Å². The number of carbonyl (C=O) groups is 2. The van der Waals surface area contributed by atoms with Gasteiger partial charge in [0, 0.05) is 43.5 Å². The zero-order chi connectivity index (χ0) is 34.1. The Kier molecular flexibility index (Phi) is 11.7. The van der Waals surface area contributed by atoms with Crippen molar-refractivity contribution in [2.45, 2.75) is 56.8 Å². The molecule has 3 N–H and O–H groups in total. The van der Waals surface area contributed by atoms with E-state index in [0.717, 1.165) is 40.8 Å². The van der Waals surface area contributed by atoms with Gasteiger partial charge in [-0.25, -0.2) is 0 Å². The van der Waals surface area contributed by atoms with E-state index in [1.807, 2.05) is 92.7 Å². The Hall–Kier alpha value is -4.50. The zero-order valence-corrected chi connectivity index (χ0v) is 28.3. The van der Waals surface area contributed by atoms with Gasteiger partial charge in [0.25, 0.3) is 11.8 Å². The first kappa shape index (κ1) is 34.8. The standard InChI is InChI=1S/C40H47N3O5/c1-28-22-32(25-33(23-28)39(46)43(3)29(2)31-14-9-6-10-15-31)38(45)42-36(24-30-12-7-5-8-13-30)37(44)27-41-40(18-20-48-21-19-40)34-16-11-17-35(26-34)47-4/h5-17,22-23,25-26,29,36-37,41,44H,18-21,24,27H2,1-4H3,(H,42,45)/t29-,36+,37-/m1/s1. The number of methoxy groups -OCH3 is 1. The highest BCUT2D eigenvalue weighted by atomic mass is 16.5. The van der Waals surface area contributed by atoms with Crippen LogP contribution >= 0.6 is 0 Å². The summed E-state index contributed by atoms with van der Waals surface area (Å²) in [6.45, 7) is 5.30. The Bertz CT molecular complexity index is 1660. The summed E-state index contributed by atoms with van der Waals surface area (Å²) in [4.78, 5) is 29.2. The van der Waals surface area contributed by atoms with Crippen LogP contribution in [0.15, 0.2) is 103 Å². The number of nitrogens with one attached hydrogen (secondary N) is 2. The normalized spacial score (nSPS) is 15.9. The van der Waals surface area contributed by atoms with Crippen molar-refractivity contribution >= 4 is 11.8 Å². The Morgan fingerprint density at radius 3 is 2.27 bits per heavy atom. The summed E-state index contributed by atoms with van der Waals surface area (Å²) in [5.74, 6) is 0.250. The van der Waals surface area contributed by atoms with Gasteiger partial charge in [0.15, 0.2) is 0 Å². The highest BCUT2D eigenvalue weighted by Gasteiger charge is 2.36. The molecule has 2 amide bonds. The molecule has 252 valence electrons. The van der Waals surface area contributed by atoms with Gasteiger partial charge in [-0.3, -0.25) is 9.59 Å². The van der Waals surface area contributed by atoms with Gasteiger partial charge in [0.1, 0.15) is 5.75 Å². The Labute approximate surface area is 284 Å². The second-order valence-corrected chi connectivity index (χ2v) is 12.7. The van der Waals surface area contributed by atoms with Crippen LogP contribution in [0.4, 0.5) is 0 Å². The van der Waals surface area contributed by atoms with Crippen molar-refractivity contribution in [2.24, 2.45) is 0 Å². The third kappa shape index (κ3) is 8.50. The summed E-state index contributed by atoms with van der Waals surface area (Å²) in [5.41, 5.74) is 4.29. The maximum absolute atomic E-state index is 13.9. The van der Waals surface area contributed by atoms with Gasteiger partial charge in [0.05, 0.1) is 25.3 Å². The largest absolute Gasteiger partial charge is 0.497 e. The number of aryl methyl sites for hydroxylation is 1. The Morgan fingerprint density at radius 1 is 0.917 bits per heavy atom. The molecule has 1 aliphatic rings. The lowest BCUT2D eigenvalue weighted by Crippen LogP contribution is -2.54. The number of ether oxygens (including phenoxy) is 2. The Balaban J connectivity index is 1.35. The molecule has 1 heterocycles. The summed E-state index contributed by atoms with van der Waals surface area (Å²) in [5, 5.41) is 18.5. The van der Waals surface area contributed by atoms with Crippen LogP contribution in [-0.4, -0.2) is 67.9 Å². The summed E-state index contributed by atoms with van der Waals surface area (Å²) in [6, 6.07) is 32.1. The van der Waals surface area contributed by atoms with Crippen molar-refractivity contribution in [3.8, 4) is 5.75 Å². The van der Waals surface area contributed by atoms with Crippen LogP contribution in [0, 0.1) is 6.92 Å². The first-order valence-electron chi connectivity index (χ1n) is 16.6. The number of benzene rings is 4. The highest BCUT2D eigenvalue weighted by molar-refractivity contribution is 6.00. The van der Waals surface area contributed by atoms with Crippen molar-refractivity contribution in [3.05, 3.63) is 137 Å². The first-order valence-corrected chi connectivity index (χ1v) is 16.6.